The molecular formula is C34H26N2O3. The van der Waals surface area contributed by atoms with Gasteiger partial charge in [-0.25, -0.2) is 4.79 Å². The summed E-state index contributed by atoms with van der Waals surface area (Å²) in [5, 5.41) is 6.98. The minimum Gasteiger partial charge on any atom is -0.456 e. The van der Waals surface area contributed by atoms with Crippen LogP contribution in [0.2, 0.25) is 0 Å². The van der Waals surface area contributed by atoms with Crippen molar-refractivity contribution in [3.63, 3.8) is 0 Å². The molecule has 0 unspecified atom stereocenters. The second kappa shape index (κ2) is 9.37. The highest BCUT2D eigenvalue weighted by Crippen LogP contribution is 2.56. The molecule has 5 heteroatoms. The van der Waals surface area contributed by atoms with Crippen molar-refractivity contribution in [2.75, 3.05) is 10.6 Å². The van der Waals surface area contributed by atoms with E-state index in [1.165, 1.54) is 11.1 Å². The highest BCUT2D eigenvalue weighted by atomic mass is 16.6. The van der Waals surface area contributed by atoms with Gasteiger partial charge in [-0.3, -0.25) is 0 Å². The molecule has 2 heterocycles. The number of ether oxygens (including phenoxy) is 2. The van der Waals surface area contributed by atoms with Crippen LogP contribution in [0.25, 0.3) is 0 Å². The molecule has 0 saturated carbocycles. The standard InChI is InChI=1S/C34H26N2O3/c37-33-27-13-7-8-14-28(27)34(39-33)29-17-15-25(35-21-23-9-3-1-4-10-23)19-31(29)38-32-20-26(16-18-30(32)34)36-22-24-11-5-2-6-12-24/h1-20,35-36H,21-22H2. The lowest BCUT2D eigenvalue weighted by Crippen LogP contribution is -2.33. The largest absolute Gasteiger partial charge is 0.456 e. The van der Waals surface area contributed by atoms with Gasteiger partial charge in [-0.15, -0.1) is 0 Å². The molecular weight excluding hydrogens is 484 g/mol. The van der Waals surface area contributed by atoms with Crippen molar-refractivity contribution in [2.45, 2.75) is 18.7 Å². The number of fused-ring (bicyclic) bond motifs is 6. The minimum absolute atomic E-state index is 0.332. The van der Waals surface area contributed by atoms with E-state index >= 15 is 0 Å². The van der Waals surface area contributed by atoms with Gasteiger partial charge in [0.25, 0.3) is 0 Å². The molecule has 7 rings (SSSR count). The van der Waals surface area contributed by atoms with Crippen LogP contribution in [0.4, 0.5) is 11.4 Å². The van der Waals surface area contributed by atoms with Gasteiger partial charge >= 0.3 is 5.97 Å². The smallest absolute Gasteiger partial charge is 0.340 e. The van der Waals surface area contributed by atoms with E-state index in [0.29, 0.717) is 30.2 Å². The average molecular weight is 511 g/mol. The topological polar surface area (TPSA) is 59.6 Å². The molecule has 2 aliphatic heterocycles. The Kier molecular flexibility index (Phi) is 5.55. The zero-order valence-electron chi connectivity index (χ0n) is 21.2. The molecule has 0 aromatic heterocycles. The van der Waals surface area contributed by atoms with Gasteiger partial charge in [-0.05, 0) is 41.5 Å². The first-order valence-electron chi connectivity index (χ1n) is 13.1. The van der Waals surface area contributed by atoms with Crippen molar-refractivity contribution in [3.8, 4) is 11.5 Å². The van der Waals surface area contributed by atoms with E-state index in [2.05, 4.69) is 34.9 Å². The number of rotatable bonds is 6. The Morgan fingerprint density at radius 1 is 0.564 bits per heavy atom. The first kappa shape index (κ1) is 23.1. The van der Waals surface area contributed by atoms with Gasteiger partial charge in [0.1, 0.15) is 11.5 Å². The summed E-state index contributed by atoms with van der Waals surface area (Å²) < 4.78 is 12.8. The summed E-state index contributed by atoms with van der Waals surface area (Å²) in [6, 6.07) is 40.1. The van der Waals surface area contributed by atoms with E-state index in [1.807, 2.05) is 97.1 Å². The molecule has 39 heavy (non-hydrogen) atoms. The number of esters is 1. The van der Waals surface area contributed by atoms with Gasteiger partial charge in [0.15, 0.2) is 5.60 Å². The predicted molar refractivity (Wildman–Crippen MR) is 152 cm³/mol. The van der Waals surface area contributed by atoms with Crippen molar-refractivity contribution in [1.29, 1.82) is 0 Å². The van der Waals surface area contributed by atoms with E-state index in [9.17, 15) is 4.79 Å². The Hall–Kier alpha value is -5.03. The monoisotopic (exact) mass is 510 g/mol. The SMILES string of the molecule is O=C1OC2(c3ccc(NCc4ccccc4)cc3Oc3cc(NCc4ccccc4)ccc32)c2ccccc21. The van der Waals surface area contributed by atoms with Crippen LogP contribution in [0, 0.1) is 0 Å². The van der Waals surface area contributed by atoms with Crippen LogP contribution in [0.5, 0.6) is 11.5 Å². The molecule has 5 aromatic carbocycles. The van der Waals surface area contributed by atoms with Crippen LogP contribution in [0.1, 0.15) is 38.2 Å². The van der Waals surface area contributed by atoms with Crippen LogP contribution in [-0.2, 0) is 23.4 Å². The van der Waals surface area contributed by atoms with E-state index in [4.69, 9.17) is 9.47 Å². The zero-order chi connectivity index (χ0) is 26.2. The lowest BCUT2D eigenvalue weighted by molar-refractivity contribution is 0.0224. The maximum Gasteiger partial charge on any atom is 0.340 e. The number of hydrogen-bond donors (Lipinski definition) is 2. The molecule has 0 atom stereocenters. The summed E-state index contributed by atoms with van der Waals surface area (Å²) in [6.45, 7) is 1.37. The highest BCUT2D eigenvalue weighted by molar-refractivity contribution is 5.97. The lowest BCUT2D eigenvalue weighted by Gasteiger charge is -2.37. The van der Waals surface area contributed by atoms with Gasteiger partial charge in [-0.1, -0.05) is 78.9 Å². The molecule has 2 N–H and O–H groups in total. The van der Waals surface area contributed by atoms with Crippen LogP contribution in [0.15, 0.2) is 121 Å². The first-order chi connectivity index (χ1) is 19.2. The van der Waals surface area contributed by atoms with Crippen LogP contribution >= 0.6 is 0 Å². The Labute approximate surface area is 227 Å². The normalized spacial score (nSPS) is 14.0. The third-order valence-electron chi connectivity index (χ3n) is 7.39. The van der Waals surface area contributed by atoms with Crippen molar-refractivity contribution < 1.29 is 14.3 Å². The minimum atomic E-state index is -1.08. The summed E-state index contributed by atoms with van der Waals surface area (Å²) in [4.78, 5) is 13.1. The van der Waals surface area contributed by atoms with Gasteiger partial charge < -0.3 is 20.1 Å². The lowest BCUT2D eigenvalue weighted by atomic mass is 9.77. The van der Waals surface area contributed by atoms with Crippen molar-refractivity contribution in [1.82, 2.24) is 0 Å². The van der Waals surface area contributed by atoms with Crippen molar-refractivity contribution in [2.24, 2.45) is 0 Å². The summed E-state index contributed by atoms with van der Waals surface area (Å²) in [6.07, 6.45) is 0. The van der Waals surface area contributed by atoms with Crippen LogP contribution in [0.3, 0.4) is 0 Å². The number of anilines is 2. The molecule has 0 radical (unpaired) electrons. The highest BCUT2D eigenvalue weighted by Gasteiger charge is 2.53. The average Bonchev–Trinajstić information content (AvgIpc) is 3.28. The van der Waals surface area contributed by atoms with E-state index in [-0.39, 0.29) is 5.97 Å². The van der Waals surface area contributed by atoms with Gasteiger partial charge in [0, 0.05) is 53.3 Å². The molecule has 190 valence electrons. The van der Waals surface area contributed by atoms with E-state index in [0.717, 1.165) is 28.1 Å². The molecule has 0 bridgehead atoms. The summed E-state index contributed by atoms with van der Waals surface area (Å²) in [7, 11) is 0. The second-order valence-electron chi connectivity index (χ2n) is 9.82. The van der Waals surface area contributed by atoms with Crippen LogP contribution in [-0.4, -0.2) is 5.97 Å². The van der Waals surface area contributed by atoms with E-state index in [1.54, 1.807) is 0 Å². The predicted octanol–water partition coefficient (Wildman–Crippen LogP) is 7.48. The van der Waals surface area contributed by atoms with Crippen molar-refractivity contribution in [3.05, 3.63) is 155 Å². The zero-order valence-corrected chi connectivity index (χ0v) is 21.2. The fraction of sp³-hybridized carbons (Fsp3) is 0.0882. The fourth-order valence-corrected chi connectivity index (χ4v) is 5.50. The number of benzene rings is 5. The molecule has 5 nitrogen and oxygen atoms in total. The molecule has 2 aliphatic rings. The Morgan fingerprint density at radius 2 is 1.08 bits per heavy atom. The Morgan fingerprint density at radius 3 is 1.64 bits per heavy atom. The summed E-state index contributed by atoms with van der Waals surface area (Å²) in [5.41, 5.74) is 6.17. The quantitative estimate of drug-likeness (QED) is 0.232. The van der Waals surface area contributed by atoms with Crippen LogP contribution < -0.4 is 15.4 Å². The van der Waals surface area contributed by atoms with Gasteiger partial charge in [-0.2, -0.15) is 0 Å². The number of carbonyl (C=O) groups excluding carboxylic acids is 1. The maximum absolute atomic E-state index is 13.1. The molecule has 5 aromatic rings. The third kappa shape index (κ3) is 3.99. The number of nitrogens with one attached hydrogen (secondary N) is 2. The van der Waals surface area contributed by atoms with Gasteiger partial charge in [0.2, 0.25) is 0 Å². The molecule has 0 saturated heterocycles. The second-order valence-corrected chi connectivity index (χ2v) is 9.82. The van der Waals surface area contributed by atoms with E-state index < -0.39 is 5.60 Å². The Bertz CT molecular complexity index is 1590. The number of carbonyl (C=O) groups is 1. The first-order valence-corrected chi connectivity index (χ1v) is 13.1. The summed E-state index contributed by atoms with van der Waals surface area (Å²) >= 11 is 0. The van der Waals surface area contributed by atoms with Gasteiger partial charge in [0.05, 0.1) is 5.56 Å². The maximum atomic E-state index is 13.1. The molecule has 0 amide bonds. The summed E-state index contributed by atoms with van der Waals surface area (Å²) in [5.74, 6) is 0.984. The molecule has 0 aliphatic carbocycles. The molecule has 0 fully saturated rings. The fourth-order valence-electron chi connectivity index (χ4n) is 5.50. The van der Waals surface area contributed by atoms with Crippen molar-refractivity contribution >= 4 is 17.3 Å². The Balaban J connectivity index is 1.29. The third-order valence-corrected chi connectivity index (χ3v) is 7.39. The molecule has 1 spiro atoms. The number of hydrogen-bond acceptors (Lipinski definition) is 5.